The van der Waals surface area contributed by atoms with Crippen molar-refractivity contribution in [1.29, 1.82) is 0 Å². The Labute approximate surface area is 278 Å². The van der Waals surface area contributed by atoms with Gasteiger partial charge in [-0.05, 0) is 57.2 Å². The fraction of sp³-hybridized carbons (Fsp3) is 0.125. The lowest BCUT2D eigenvalue weighted by Gasteiger charge is -2.36. The van der Waals surface area contributed by atoms with Crippen LogP contribution in [0.5, 0.6) is 0 Å². The van der Waals surface area contributed by atoms with E-state index in [1.807, 2.05) is 40.5 Å². The van der Waals surface area contributed by atoms with E-state index in [9.17, 15) is 0 Å². The number of aryl methyl sites for hydroxylation is 2. The molecule has 0 aliphatic rings. The minimum Gasteiger partial charge on any atom is -0.263 e. The highest BCUT2D eigenvalue weighted by atomic mass is 15.6. The van der Waals surface area contributed by atoms with Gasteiger partial charge in [0.05, 0.1) is 6.54 Å². The van der Waals surface area contributed by atoms with Crippen molar-refractivity contribution in [1.82, 2.24) is 39.6 Å². The molecular formula is C40H34N8. The Kier molecular flexibility index (Phi) is 7.45. The number of fused-ring (bicyclic) bond motifs is 1. The lowest BCUT2D eigenvalue weighted by molar-refractivity contribution is 0.451. The van der Waals surface area contributed by atoms with Crippen LogP contribution in [0, 0.1) is 6.92 Å². The van der Waals surface area contributed by atoms with E-state index in [-0.39, 0.29) is 0 Å². The third-order valence-electron chi connectivity index (χ3n) is 9.07. The minimum atomic E-state index is -0.835. The summed E-state index contributed by atoms with van der Waals surface area (Å²) in [5.74, 6) is 1.45. The normalized spacial score (nSPS) is 11.7. The number of nitrogens with zero attached hydrogens (tertiary/aromatic N) is 8. The highest BCUT2D eigenvalue weighted by Crippen LogP contribution is 2.43. The molecule has 8 nitrogen and oxygen atoms in total. The van der Waals surface area contributed by atoms with Crippen LogP contribution in [0.4, 0.5) is 0 Å². The monoisotopic (exact) mass is 626 g/mol. The molecule has 3 aromatic heterocycles. The first-order valence-electron chi connectivity index (χ1n) is 16.2. The van der Waals surface area contributed by atoms with Crippen LogP contribution >= 0.6 is 0 Å². The first-order valence-corrected chi connectivity index (χ1v) is 16.2. The van der Waals surface area contributed by atoms with Gasteiger partial charge in [-0.2, -0.15) is 4.63 Å². The van der Waals surface area contributed by atoms with E-state index < -0.39 is 5.54 Å². The summed E-state index contributed by atoms with van der Waals surface area (Å²) in [5.41, 5.74) is 8.68. The zero-order chi connectivity index (χ0) is 32.5. The van der Waals surface area contributed by atoms with Gasteiger partial charge < -0.3 is 0 Å². The zero-order valence-corrected chi connectivity index (χ0v) is 26.8. The van der Waals surface area contributed by atoms with Crippen molar-refractivity contribution in [2.75, 3.05) is 0 Å². The second-order valence-electron chi connectivity index (χ2n) is 11.9. The molecule has 0 N–H and O–H groups in total. The molecule has 0 fully saturated rings. The quantitative estimate of drug-likeness (QED) is 0.154. The van der Waals surface area contributed by atoms with Crippen LogP contribution in [0.3, 0.4) is 0 Å². The van der Waals surface area contributed by atoms with Crippen molar-refractivity contribution in [3.8, 4) is 22.5 Å². The second-order valence-corrected chi connectivity index (χ2v) is 11.9. The minimum absolute atomic E-state index is 0.676. The largest absolute Gasteiger partial charge is 0.263 e. The van der Waals surface area contributed by atoms with Gasteiger partial charge in [-0.25, -0.2) is 9.67 Å². The smallest absolute Gasteiger partial charge is 0.184 e. The first kappa shape index (κ1) is 29.3. The van der Waals surface area contributed by atoms with Crippen LogP contribution in [-0.2, 0) is 18.5 Å². The Hall–Kier alpha value is -6.15. The van der Waals surface area contributed by atoms with E-state index in [4.69, 9.17) is 10.3 Å². The summed E-state index contributed by atoms with van der Waals surface area (Å²) in [6, 6.07) is 50.7. The topological polar surface area (TPSA) is 78.7 Å². The molecule has 0 saturated heterocycles. The Bertz CT molecular complexity index is 2200. The van der Waals surface area contributed by atoms with E-state index in [2.05, 4.69) is 148 Å². The van der Waals surface area contributed by atoms with Gasteiger partial charge >= 0.3 is 0 Å². The van der Waals surface area contributed by atoms with Crippen molar-refractivity contribution in [2.45, 2.75) is 32.4 Å². The molecule has 234 valence electrons. The molecular weight excluding hydrogens is 592 g/mol. The SMILES string of the molecule is CCc1cc2nc(C)nn2n1Cc1ccc(-c2ccccc2-c2nnnn2C(c2ccccc2)(c2ccccc2)c2ccccc2)cc1. The number of hydrogen-bond donors (Lipinski definition) is 0. The van der Waals surface area contributed by atoms with Gasteiger partial charge in [0.15, 0.2) is 11.5 Å². The van der Waals surface area contributed by atoms with E-state index in [1.54, 1.807) is 0 Å². The average molecular weight is 627 g/mol. The fourth-order valence-electron chi connectivity index (χ4n) is 6.87. The molecule has 0 saturated carbocycles. The summed E-state index contributed by atoms with van der Waals surface area (Å²) >= 11 is 0. The Morgan fingerprint density at radius 1 is 0.646 bits per heavy atom. The molecule has 0 radical (unpaired) electrons. The molecule has 0 aliphatic heterocycles. The third kappa shape index (κ3) is 4.89. The predicted octanol–water partition coefficient (Wildman–Crippen LogP) is 7.61. The molecule has 48 heavy (non-hydrogen) atoms. The summed E-state index contributed by atoms with van der Waals surface area (Å²) in [4.78, 5) is 4.57. The van der Waals surface area contributed by atoms with Crippen molar-refractivity contribution in [3.63, 3.8) is 0 Å². The van der Waals surface area contributed by atoms with Crippen molar-refractivity contribution < 1.29 is 0 Å². The predicted molar refractivity (Wildman–Crippen MR) is 187 cm³/mol. The molecule has 8 aromatic rings. The zero-order valence-electron chi connectivity index (χ0n) is 26.8. The van der Waals surface area contributed by atoms with Gasteiger partial charge in [0.2, 0.25) is 0 Å². The highest BCUT2D eigenvalue weighted by Gasteiger charge is 2.42. The summed E-state index contributed by atoms with van der Waals surface area (Å²) in [6.07, 6.45) is 0.903. The van der Waals surface area contributed by atoms with Gasteiger partial charge in [0, 0.05) is 17.3 Å². The average Bonchev–Trinajstić information content (AvgIpc) is 3.86. The second kappa shape index (κ2) is 12.2. The molecule has 0 bridgehead atoms. The van der Waals surface area contributed by atoms with Gasteiger partial charge in [0.25, 0.3) is 0 Å². The Morgan fingerprint density at radius 3 is 1.79 bits per heavy atom. The fourth-order valence-corrected chi connectivity index (χ4v) is 6.87. The lowest BCUT2D eigenvalue weighted by Crippen LogP contribution is -2.39. The third-order valence-corrected chi connectivity index (χ3v) is 9.07. The van der Waals surface area contributed by atoms with Crippen LogP contribution in [0.15, 0.2) is 146 Å². The van der Waals surface area contributed by atoms with Gasteiger partial charge in [-0.1, -0.05) is 146 Å². The first-order chi connectivity index (χ1) is 23.7. The number of rotatable bonds is 9. The van der Waals surface area contributed by atoms with Crippen LogP contribution in [0.1, 0.15) is 40.7 Å². The Balaban J connectivity index is 1.25. The summed E-state index contributed by atoms with van der Waals surface area (Å²) in [5, 5.41) is 18.4. The number of hydrogen-bond acceptors (Lipinski definition) is 5. The van der Waals surface area contributed by atoms with Gasteiger partial charge in [-0.3, -0.25) is 4.68 Å². The number of benzene rings is 5. The van der Waals surface area contributed by atoms with E-state index in [1.165, 1.54) is 11.3 Å². The molecule has 5 aromatic carbocycles. The lowest BCUT2D eigenvalue weighted by atomic mass is 9.77. The molecule has 0 amide bonds. The molecule has 8 heteroatoms. The highest BCUT2D eigenvalue weighted by molar-refractivity contribution is 5.81. The van der Waals surface area contributed by atoms with Crippen molar-refractivity contribution in [3.05, 3.63) is 179 Å². The molecule has 0 unspecified atom stereocenters. The van der Waals surface area contributed by atoms with Gasteiger partial charge in [0.1, 0.15) is 11.4 Å². The molecule has 3 heterocycles. The van der Waals surface area contributed by atoms with Crippen LogP contribution < -0.4 is 0 Å². The van der Waals surface area contributed by atoms with Crippen molar-refractivity contribution in [2.24, 2.45) is 0 Å². The van der Waals surface area contributed by atoms with Crippen LogP contribution in [0.2, 0.25) is 0 Å². The molecule has 8 rings (SSSR count). The summed E-state index contributed by atoms with van der Waals surface area (Å²) in [7, 11) is 0. The number of aromatic nitrogens is 8. The number of tetrazole rings is 1. The molecule has 0 aliphatic carbocycles. The maximum Gasteiger partial charge on any atom is 0.184 e. The molecule has 0 atom stereocenters. The maximum atomic E-state index is 4.77. The van der Waals surface area contributed by atoms with Crippen molar-refractivity contribution >= 4 is 5.65 Å². The standard InChI is InChI=1S/C40H34N8/c1-3-35-27-38-41-29(2)43-48(38)46(35)28-30-23-25-31(26-24-30)36-21-13-14-22-37(36)39-42-44-45-47(39)40(32-15-7-4-8-16-32,33-17-9-5-10-18-33)34-19-11-6-12-20-34/h4-27H,3,28H2,1-2H3. The van der Waals surface area contributed by atoms with Gasteiger partial charge in [-0.15, -0.1) is 10.2 Å². The van der Waals surface area contributed by atoms with E-state index in [0.29, 0.717) is 12.4 Å². The summed E-state index contributed by atoms with van der Waals surface area (Å²) in [6.45, 7) is 4.78. The summed E-state index contributed by atoms with van der Waals surface area (Å²) < 4.78 is 6.10. The van der Waals surface area contributed by atoms with Crippen LogP contribution in [-0.4, -0.2) is 39.6 Å². The van der Waals surface area contributed by atoms with E-state index in [0.717, 1.165) is 51.3 Å². The Morgan fingerprint density at radius 2 is 1.21 bits per heavy atom. The van der Waals surface area contributed by atoms with E-state index >= 15 is 0 Å². The maximum absolute atomic E-state index is 4.77. The molecule has 0 spiro atoms. The van der Waals surface area contributed by atoms with Crippen LogP contribution in [0.25, 0.3) is 28.2 Å².